The second kappa shape index (κ2) is 13.4. The summed E-state index contributed by atoms with van der Waals surface area (Å²) < 4.78 is 48.3. The highest BCUT2D eigenvalue weighted by Gasteiger charge is 2.88. The van der Waals surface area contributed by atoms with Gasteiger partial charge < -0.3 is 37.9 Å². The molecule has 0 aromatic heterocycles. The normalized spacial score (nSPS) is 44.1. The van der Waals surface area contributed by atoms with Gasteiger partial charge in [-0.05, 0) is 54.4 Å². The summed E-state index contributed by atoms with van der Waals surface area (Å²) >= 11 is 0. The number of carbonyl (C=O) groups is 7. The summed E-state index contributed by atoms with van der Waals surface area (Å²) in [6.45, 7) is 17.4. The van der Waals surface area contributed by atoms with E-state index in [1.165, 1.54) is 47.8 Å². The van der Waals surface area contributed by atoms with Gasteiger partial charge in [0, 0.05) is 52.5 Å². The Balaban J connectivity index is 1.68. The fraction of sp³-hybridized carbons (Fsp3) is 0.725. The van der Waals surface area contributed by atoms with E-state index in [1.54, 1.807) is 19.9 Å². The van der Waals surface area contributed by atoms with Crippen LogP contribution in [0.3, 0.4) is 0 Å². The molecule has 2 aliphatic heterocycles. The van der Waals surface area contributed by atoms with Crippen molar-refractivity contribution in [3.8, 4) is 0 Å². The number of allylic oxidation sites excluding steroid dienone is 1. The highest BCUT2D eigenvalue weighted by molar-refractivity contribution is 5.87. The molecule has 15 atom stereocenters. The maximum Gasteiger partial charge on any atom is 0.342 e. The molecular weight excluding hydrogens is 720 g/mol. The van der Waals surface area contributed by atoms with E-state index in [9.17, 15) is 33.6 Å². The van der Waals surface area contributed by atoms with Crippen LogP contribution in [-0.4, -0.2) is 97.7 Å². The van der Waals surface area contributed by atoms with Gasteiger partial charge in [-0.3, -0.25) is 24.0 Å². The van der Waals surface area contributed by atoms with E-state index in [-0.39, 0.29) is 6.61 Å². The SMILES string of the molecule is C=C1CC2(C)C3CCC4(C)C(C(OC(C)=O)C(OC(C)=O)C5(C(C)OC(C)=O)COC(=O)C=CC45)C3C(OC(C)=O)C(OC(C)=O)C2(C)C2(C(=O)OC)OC12. The van der Waals surface area contributed by atoms with Gasteiger partial charge in [0.1, 0.15) is 37.1 Å². The molecule has 0 bridgehead atoms. The minimum absolute atomic E-state index is 0.326. The molecule has 0 spiro atoms. The van der Waals surface area contributed by atoms with Crippen LogP contribution in [0.15, 0.2) is 24.3 Å². The molecule has 15 unspecified atom stereocenters. The third-order valence-corrected chi connectivity index (χ3v) is 14.4. The zero-order chi connectivity index (χ0) is 40.8. The molecule has 1 saturated heterocycles. The van der Waals surface area contributed by atoms with Crippen molar-refractivity contribution in [2.75, 3.05) is 13.7 Å². The lowest BCUT2D eigenvalue weighted by molar-refractivity contribution is -0.315. The Morgan fingerprint density at radius 3 is 2.00 bits per heavy atom. The van der Waals surface area contributed by atoms with Crippen molar-refractivity contribution in [1.82, 2.24) is 0 Å². The fourth-order valence-corrected chi connectivity index (χ4v) is 12.5. The minimum Gasteiger partial charge on any atom is -0.467 e. The number of hydrogen-bond acceptors (Lipinski definition) is 15. The number of fused-ring (bicyclic) bond motifs is 9. The van der Waals surface area contributed by atoms with Crippen molar-refractivity contribution >= 4 is 41.8 Å². The lowest BCUT2D eigenvalue weighted by Crippen LogP contribution is -2.78. The maximum atomic E-state index is 14.0. The number of rotatable bonds is 7. The standard InChI is InChI=1S/C40H52O15/c1-18-16-37(9)25-14-15-36(8)26-12-13-27(46)49-17-39(26,19(2)50-20(3)41)34(54-24(7)45)31(52-22(5)43)29(36)28(25)30(51-21(4)42)33(53-23(6)44)38(37,10)40(32(18)55-40)35(47)48-11/h12-13,19,25-26,28-34H,1,14-17H2,2-11H3. The quantitative estimate of drug-likeness (QED) is 0.158. The van der Waals surface area contributed by atoms with E-state index < -0.39 is 129 Å². The molecule has 0 N–H and O–H groups in total. The highest BCUT2D eigenvalue weighted by Crippen LogP contribution is 2.78. The predicted molar refractivity (Wildman–Crippen MR) is 187 cm³/mol. The minimum atomic E-state index is -1.64. The van der Waals surface area contributed by atoms with Crippen molar-refractivity contribution in [3.05, 3.63) is 24.3 Å². The van der Waals surface area contributed by atoms with Crippen LogP contribution in [-0.2, 0) is 71.5 Å². The first-order chi connectivity index (χ1) is 25.6. The Kier molecular flexibility index (Phi) is 9.87. The number of carbonyl (C=O) groups excluding carboxylic acids is 7. The average molecular weight is 773 g/mol. The molecule has 6 aliphatic rings. The van der Waals surface area contributed by atoms with Gasteiger partial charge in [0.25, 0.3) is 0 Å². The summed E-state index contributed by atoms with van der Waals surface area (Å²) in [5.74, 6) is -7.74. The topological polar surface area (TPSA) is 197 Å². The van der Waals surface area contributed by atoms with Crippen LogP contribution in [0.25, 0.3) is 0 Å². The van der Waals surface area contributed by atoms with E-state index in [2.05, 4.69) is 6.58 Å². The monoisotopic (exact) mass is 772 g/mol. The van der Waals surface area contributed by atoms with Crippen LogP contribution in [0.2, 0.25) is 0 Å². The number of hydrogen-bond donors (Lipinski definition) is 0. The molecule has 0 radical (unpaired) electrons. The van der Waals surface area contributed by atoms with Gasteiger partial charge in [0.15, 0.2) is 6.10 Å². The van der Waals surface area contributed by atoms with Gasteiger partial charge in [-0.2, -0.15) is 0 Å². The van der Waals surface area contributed by atoms with Crippen LogP contribution >= 0.6 is 0 Å². The molecular formula is C40H52O15. The summed E-state index contributed by atoms with van der Waals surface area (Å²) in [6.07, 6.45) is -2.96. The molecule has 6 rings (SSSR count). The van der Waals surface area contributed by atoms with Crippen molar-refractivity contribution in [3.63, 3.8) is 0 Å². The van der Waals surface area contributed by atoms with Crippen LogP contribution in [0, 0.1) is 45.3 Å². The number of methoxy groups -OCH3 is 1. The van der Waals surface area contributed by atoms with E-state index in [4.69, 9.17) is 37.9 Å². The molecule has 2 heterocycles. The molecule has 55 heavy (non-hydrogen) atoms. The Hall–Kier alpha value is -4.27. The second-order valence-electron chi connectivity index (χ2n) is 17.0. The van der Waals surface area contributed by atoms with Gasteiger partial charge >= 0.3 is 41.8 Å². The molecule has 4 saturated carbocycles. The first kappa shape index (κ1) is 40.4. The molecule has 302 valence electrons. The van der Waals surface area contributed by atoms with E-state index in [0.29, 0.717) is 24.8 Å². The number of ether oxygens (including phenoxy) is 8. The van der Waals surface area contributed by atoms with Crippen LogP contribution in [0.4, 0.5) is 0 Å². The van der Waals surface area contributed by atoms with Crippen LogP contribution in [0.5, 0.6) is 0 Å². The van der Waals surface area contributed by atoms with Gasteiger partial charge in [-0.15, -0.1) is 0 Å². The summed E-state index contributed by atoms with van der Waals surface area (Å²) in [5.41, 5.74) is -5.82. The van der Waals surface area contributed by atoms with Crippen LogP contribution in [0.1, 0.15) is 81.6 Å². The Morgan fingerprint density at radius 1 is 0.855 bits per heavy atom. The smallest absolute Gasteiger partial charge is 0.342 e. The molecule has 5 fully saturated rings. The number of epoxide rings is 1. The highest BCUT2D eigenvalue weighted by atomic mass is 16.7. The average Bonchev–Trinajstić information content (AvgIpc) is 3.87. The molecule has 0 aromatic carbocycles. The van der Waals surface area contributed by atoms with Crippen molar-refractivity contribution < 1.29 is 71.5 Å². The van der Waals surface area contributed by atoms with Crippen molar-refractivity contribution in [2.24, 2.45) is 45.3 Å². The largest absolute Gasteiger partial charge is 0.467 e. The van der Waals surface area contributed by atoms with E-state index >= 15 is 0 Å². The number of cyclic esters (lactones) is 1. The first-order valence-corrected chi connectivity index (χ1v) is 18.7. The Labute approximate surface area is 320 Å². The zero-order valence-electron chi connectivity index (χ0n) is 33.1. The molecule has 0 aromatic rings. The lowest BCUT2D eigenvalue weighted by atomic mass is 9.33. The van der Waals surface area contributed by atoms with Gasteiger partial charge in [0.2, 0.25) is 5.60 Å². The molecule has 4 aliphatic carbocycles. The first-order valence-electron chi connectivity index (χ1n) is 18.7. The summed E-state index contributed by atoms with van der Waals surface area (Å²) in [4.78, 5) is 92.5. The third-order valence-electron chi connectivity index (χ3n) is 14.4. The van der Waals surface area contributed by atoms with Crippen molar-refractivity contribution in [1.29, 1.82) is 0 Å². The van der Waals surface area contributed by atoms with E-state index in [0.717, 1.165) is 0 Å². The molecule has 15 nitrogen and oxygen atoms in total. The summed E-state index contributed by atoms with van der Waals surface area (Å²) in [6, 6.07) is 0. The molecule has 15 heteroatoms. The zero-order valence-corrected chi connectivity index (χ0v) is 33.1. The third kappa shape index (κ3) is 5.56. The van der Waals surface area contributed by atoms with Crippen molar-refractivity contribution in [2.45, 2.75) is 124 Å². The van der Waals surface area contributed by atoms with Gasteiger partial charge in [0.05, 0.1) is 17.9 Å². The lowest BCUT2D eigenvalue weighted by Gasteiger charge is -2.72. The Bertz CT molecular complexity index is 1750. The van der Waals surface area contributed by atoms with Gasteiger partial charge in [-0.1, -0.05) is 33.4 Å². The second-order valence-corrected chi connectivity index (χ2v) is 17.0. The maximum absolute atomic E-state index is 14.0. The summed E-state index contributed by atoms with van der Waals surface area (Å²) in [5, 5.41) is 0. The molecule has 0 amide bonds. The number of esters is 7. The Morgan fingerprint density at radius 2 is 1.44 bits per heavy atom. The fourth-order valence-electron chi connectivity index (χ4n) is 12.5. The van der Waals surface area contributed by atoms with E-state index in [1.807, 2.05) is 13.8 Å². The summed E-state index contributed by atoms with van der Waals surface area (Å²) in [7, 11) is 1.24. The predicted octanol–water partition coefficient (Wildman–Crippen LogP) is 3.34. The van der Waals surface area contributed by atoms with Crippen LogP contribution < -0.4 is 0 Å². The van der Waals surface area contributed by atoms with Gasteiger partial charge in [-0.25, -0.2) is 9.59 Å².